The third-order valence-electron chi connectivity index (χ3n) is 3.02. The quantitative estimate of drug-likeness (QED) is 0.922. The zero-order valence-electron chi connectivity index (χ0n) is 11.7. The van der Waals surface area contributed by atoms with Gasteiger partial charge in [0.25, 0.3) is 0 Å². The van der Waals surface area contributed by atoms with Crippen molar-refractivity contribution in [1.82, 2.24) is 0 Å². The van der Waals surface area contributed by atoms with Gasteiger partial charge in [-0.15, -0.1) is 0 Å². The Morgan fingerprint density at radius 1 is 1.18 bits per heavy atom. The number of aliphatic hydroxyl groups excluding tert-OH is 1. The lowest BCUT2D eigenvalue weighted by Gasteiger charge is -2.15. The molecule has 4 nitrogen and oxygen atoms in total. The minimum atomic E-state index is -1.47. The molecule has 0 aromatic heterocycles. The molecule has 0 radical (unpaired) electrons. The minimum Gasteiger partial charge on any atom is -0.493 e. The van der Waals surface area contributed by atoms with Crippen LogP contribution in [-0.2, 0) is 0 Å². The van der Waals surface area contributed by atoms with Crippen LogP contribution in [0.5, 0.6) is 11.5 Å². The van der Waals surface area contributed by atoms with Crippen molar-refractivity contribution in [3.8, 4) is 17.6 Å². The van der Waals surface area contributed by atoms with E-state index in [1.807, 2.05) is 6.07 Å². The van der Waals surface area contributed by atoms with Crippen molar-refractivity contribution in [3.05, 3.63) is 59.2 Å². The average molecular weight is 305 g/mol. The van der Waals surface area contributed by atoms with Crippen molar-refractivity contribution < 1.29 is 23.4 Å². The number of benzene rings is 2. The van der Waals surface area contributed by atoms with Crippen LogP contribution in [0, 0.1) is 23.0 Å². The van der Waals surface area contributed by atoms with Gasteiger partial charge >= 0.3 is 0 Å². The van der Waals surface area contributed by atoms with Crippen molar-refractivity contribution in [2.24, 2.45) is 0 Å². The Bertz CT molecular complexity index is 693. The van der Waals surface area contributed by atoms with E-state index >= 15 is 0 Å². The van der Waals surface area contributed by atoms with Crippen LogP contribution in [0.1, 0.15) is 17.2 Å². The lowest BCUT2D eigenvalue weighted by atomic mass is 10.1. The molecule has 1 unspecified atom stereocenters. The molecular formula is C16H13F2NO3. The molecule has 0 aliphatic heterocycles. The summed E-state index contributed by atoms with van der Waals surface area (Å²) in [7, 11) is 1.40. The average Bonchev–Trinajstić information content (AvgIpc) is 2.52. The van der Waals surface area contributed by atoms with Crippen LogP contribution in [0.2, 0.25) is 0 Å². The summed E-state index contributed by atoms with van der Waals surface area (Å²) in [5.41, 5.74) is -0.0694. The first kappa shape index (κ1) is 15.7. The van der Waals surface area contributed by atoms with Gasteiger partial charge < -0.3 is 14.6 Å². The summed E-state index contributed by atoms with van der Waals surface area (Å²) in [5.74, 6) is -1.14. The van der Waals surface area contributed by atoms with Crippen LogP contribution in [0.4, 0.5) is 8.78 Å². The molecule has 0 spiro atoms. The number of nitriles is 1. The van der Waals surface area contributed by atoms with Gasteiger partial charge in [0, 0.05) is 6.07 Å². The Morgan fingerprint density at radius 3 is 2.45 bits per heavy atom. The Morgan fingerprint density at radius 2 is 1.86 bits per heavy atom. The summed E-state index contributed by atoms with van der Waals surface area (Å²) in [6.07, 6.45) is -1.47. The molecule has 0 aliphatic rings. The molecule has 0 heterocycles. The van der Waals surface area contributed by atoms with E-state index in [4.69, 9.17) is 14.7 Å². The fourth-order valence-corrected chi connectivity index (χ4v) is 1.94. The van der Waals surface area contributed by atoms with Crippen molar-refractivity contribution in [2.45, 2.75) is 6.10 Å². The molecule has 0 saturated heterocycles. The second-order valence-electron chi connectivity index (χ2n) is 4.44. The third kappa shape index (κ3) is 3.32. The number of hydrogen-bond donors (Lipinski definition) is 1. The fraction of sp³-hybridized carbons (Fsp3) is 0.188. The first-order valence-electron chi connectivity index (χ1n) is 6.39. The zero-order chi connectivity index (χ0) is 16.1. The maximum atomic E-state index is 13.6. The number of ether oxygens (including phenoxy) is 2. The summed E-state index contributed by atoms with van der Waals surface area (Å²) >= 11 is 0. The molecule has 0 fully saturated rings. The molecule has 1 atom stereocenters. The minimum absolute atomic E-state index is 0.261. The van der Waals surface area contributed by atoms with Crippen molar-refractivity contribution in [2.75, 3.05) is 13.7 Å². The number of nitrogens with zero attached hydrogens (tertiary/aromatic N) is 1. The predicted molar refractivity (Wildman–Crippen MR) is 74.5 cm³/mol. The van der Waals surface area contributed by atoms with E-state index < -0.39 is 23.3 Å². The van der Waals surface area contributed by atoms with Crippen molar-refractivity contribution in [1.29, 1.82) is 5.26 Å². The summed E-state index contributed by atoms with van der Waals surface area (Å²) < 4.78 is 37.5. The maximum absolute atomic E-state index is 13.6. The number of methoxy groups -OCH3 is 1. The van der Waals surface area contributed by atoms with E-state index in [0.29, 0.717) is 11.3 Å². The van der Waals surface area contributed by atoms with Crippen LogP contribution in [0.3, 0.4) is 0 Å². The molecule has 2 aromatic carbocycles. The fourth-order valence-electron chi connectivity index (χ4n) is 1.94. The van der Waals surface area contributed by atoms with E-state index in [1.165, 1.54) is 31.4 Å². The second-order valence-corrected chi connectivity index (χ2v) is 4.44. The predicted octanol–water partition coefficient (Wildman–Crippen LogP) is 2.96. The lowest BCUT2D eigenvalue weighted by Crippen LogP contribution is -2.13. The first-order chi connectivity index (χ1) is 10.6. The molecule has 0 amide bonds. The highest BCUT2D eigenvalue weighted by Gasteiger charge is 2.19. The smallest absolute Gasteiger partial charge is 0.162 e. The first-order valence-corrected chi connectivity index (χ1v) is 6.39. The van der Waals surface area contributed by atoms with Crippen molar-refractivity contribution in [3.63, 3.8) is 0 Å². The van der Waals surface area contributed by atoms with Gasteiger partial charge in [0.05, 0.1) is 24.3 Å². The Balaban J connectivity index is 2.15. The molecular weight excluding hydrogens is 292 g/mol. The van der Waals surface area contributed by atoms with E-state index in [1.54, 1.807) is 0 Å². The van der Waals surface area contributed by atoms with Gasteiger partial charge in [-0.2, -0.15) is 5.26 Å². The van der Waals surface area contributed by atoms with Crippen molar-refractivity contribution >= 4 is 0 Å². The maximum Gasteiger partial charge on any atom is 0.162 e. The number of rotatable bonds is 5. The van der Waals surface area contributed by atoms with Gasteiger partial charge in [0.2, 0.25) is 0 Å². The van der Waals surface area contributed by atoms with Crippen LogP contribution >= 0.6 is 0 Å². The number of hydrogen-bond acceptors (Lipinski definition) is 4. The summed E-state index contributed by atoms with van der Waals surface area (Å²) in [4.78, 5) is 0. The zero-order valence-corrected chi connectivity index (χ0v) is 11.7. The molecule has 22 heavy (non-hydrogen) atoms. The molecule has 6 heteroatoms. The summed E-state index contributed by atoms with van der Waals surface area (Å²) in [5, 5.41) is 18.7. The normalized spacial score (nSPS) is 11.6. The molecule has 1 N–H and O–H groups in total. The third-order valence-corrected chi connectivity index (χ3v) is 3.02. The van der Waals surface area contributed by atoms with E-state index in [9.17, 15) is 13.9 Å². The van der Waals surface area contributed by atoms with Gasteiger partial charge in [0.1, 0.15) is 24.3 Å². The molecule has 2 aromatic rings. The second kappa shape index (κ2) is 6.87. The van der Waals surface area contributed by atoms with Crippen LogP contribution in [0.25, 0.3) is 0 Å². The Hall–Kier alpha value is -2.65. The largest absolute Gasteiger partial charge is 0.493 e. The SMILES string of the molecule is COc1cc(C#N)ccc1OCC(O)c1c(F)cccc1F. The van der Waals surface area contributed by atoms with Gasteiger partial charge in [-0.3, -0.25) is 0 Å². The van der Waals surface area contributed by atoms with Gasteiger partial charge in [-0.05, 0) is 24.3 Å². The van der Waals surface area contributed by atoms with E-state index in [0.717, 1.165) is 12.1 Å². The topological polar surface area (TPSA) is 62.5 Å². The highest BCUT2D eigenvalue weighted by atomic mass is 19.1. The molecule has 0 bridgehead atoms. The van der Waals surface area contributed by atoms with Crippen LogP contribution in [-0.4, -0.2) is 18.8 Å². The van der Waals surface area contributed by atoms with E-state index in [2.05, 4.69) is 0 Å². The Kier molecular flexibility index (Phi) is 4.92. The lowest BCUT2D eigenvalue weighted by molar-refractivity contribution is 0.0997. The van der Waals surface area contributed by atoms with Crippen LogP contribution < -0.4 is 9.47 Å². The van der Waals surface area contributed by atoms with Gasteiger partial charge in [-0.1, -0.05) is 6.07 Å². The van der Waals surface area contributed by atoms with E-state index in [-0.39, 0.29) is 12.4 Å². The molecule has 2 rings (SSSR count). The summed E-state index contributed by atoms with van der Waals surface area (Å²) in [6, 6.07) is 9.74. The molecule has 114 valence electrons. The van der Waals surface area contributed by atoms with Gasteiger partial charge in [0.15, 0.2) is 11.5 Å². The monoisotopic (exact) mass is 305 g/mol. The molecule has 0 saturated carbocycles. The van der Waals surface area contributed by atoms with Gasteiger partial charge in [-0.25, -0.2) is 8.78 Å². The highest BCUT2D eigenvalue weighted by Crippen LogP contribution is 2.29. The number of halogens is 2. The number of aliphatic hydroxyl groups is 1. The molecule has 0 aliphatic carbocycles. The standard InChI is InChI=1S/C16H13F2NO3/c1-21-15-7-10(8-19)5-6-14(15)22-9-13(20)16-11(17)3-2-4-12(16)18/h2-7,13,20H,9H2,1H3. The highest BCUT2D eigenvalue weighted by molar-refractivity contribution is 5.46. The van der Waals surface area contributed by atoms with Crippen LogP contribution in [0.15, 0.2) is 36.4 Å². The summed E-state index contributed by atoms with van der Waals surface area (Å²) in [6.45, 7) is -0.361. The Labute approximate surface area is 126 Å².